The minimum absolute atomic E-state index is 0.0435. The monoisotopic (exact) mass is 388 g/mol. The maximum Gasteiger partial charge on any atom is 0.340 e. The molecule has 0 bridgehead atoms. The highest BCUT2D eigenvalue weighted by molar-refractivity contribution is 7.91. The SMILES string of the molecule is CC[C@@H](C)N(C(=O)COC(=O)c1ccc(Cl)nc1)[C@H]1CCS(=O)(=O)C1. The molecule has 1 fully saturated rings. The Morgan fingerprint density at radius 1 is 1.44 bits per heavy atom. The van der Waals surface area contributed by atoms with Crippen molar-refractivity contribution in [3.8, 4) is 0 Å². The Kier molecular flexibility index (Phi) is 6.40. The number of rotatable bonds is 6. The molecular formula is C16H21ClN2O5S. The minimum atomic E-state index is -3.12. The van der Waals surface area contributed by atoms with E-state index in [4.69, 9.17) is 16.3 Å². The van der Waals surface area contributed by atoms with Crippen molar-refractivity contribution in [2.45, 2.75) is 38.8 Å². The Balaban J connectivity index is 2.02. The zero-order valence-corrected chi connectivity index (χ0v) is 15.7. The fourth-order valence-corrected chi connectivity index (χ4v) is 4.61. The molecule has 2 heterocycles. The van der Waals surface area contributed by atoms with E-state index in [0.717, 1.165) is 0 Å². The van der Waals surface area contributed by atoms with Crippen LogP contribution < -0.4 is 0 Å². The quantitative estimate of drug-likeness (QED) is 0.544. The summed E-state index contributed by atoms with van der Waals surface area (Å²) in [4.78, 5) is 29.8. The Bertz CT molecular complexity index is 735. The van der Waals surface area contributed by atoms with E-state index >= 15 is 0 Å². The van der Waals surface area contributed by atoms with Crippen LogP contribution in [0.1, 0.15) is 37.0 Å². The first-order valence-electron chi connectivity index (χ1n) is 8.03. The number of carbonyl (C=O) groups excluding carboxylic acids is 2. The van der Waals surface area contributed by atoms with Gasteiger partial charge in [0.2, 0.25) is 0 Å². The highest BCUT2D eigenvalue weighted by atomic mass is 35.5. The summed E-state index contributed by atoms with van der Waals surface area (Å²) in [6.07, 6.45) is 2.36. The number of sulfone groups is 1. The van der Waals surface area contributed by atoms with Crippen molar-refractivity contribution < 1.29 is 22.7 Å². The van der Waals surface area contributed by atoms with Crippen LogP contribution in [0.4, 0.5) is 0 Å². The number of nitrogens with zero attached hydrogens (tertiary/aromatic N) is 2. The third-order valence-corrected chi connectivity index (χ3v) is 6.22. The number of hydrogen-bond donors (Lipinski definition) is 0. The molecule has 0 N–H and O–H groups in total. The van der Waals surface area contributed by atoms with E-state index in [9.17, 15) is 18.0 Å². The Hall–Kier alpha value is -1.67. The fraction of sp³-hybridized carbons (Fsp3) is 0.562. The second kappa shape index (κ2) is 8.14. The van der Waals surface area contributed by atoms with Gasteiger partial charge in [-0.15, -0.1) is 0 Å². The summed E-state index contributed by atoms with van der Waals surface area (Å²) < 4.78 is 28.5. The predicted molar refractivity (Wildman–Crippen MR) is 93.2 cm³/mol. The lowest BCUT2D eigenvalue weighted by Crippen LogP contribution is -2.48. The molecule has 25 heavy (non-hydrogen) atoms. The molecule has 0 saturated carbocycles. The number of ether oxygens (including phenoxy) is 1. The predicted octanol–water partition coefficient (Wildman–Crippen LogP) is 1.71. The van der Waals surface area contributed by atoms with Crippen molar-refractivity contribution >= 4 is 33.3 Å². The normalized spacial score (nSPS) is 20.0. The van der Waals surface area contributed by atoms with E-state index in [-0.39, 0.29) is 34.3 Å². The third-order valence-electron chi connectivity index (χ3n) is 4.25. The van der Waals surface area contributed by atoms with Gasteiger partial charge in [-0.1, -0.05) is 18.5 Å². The van der Waals surface area contributed by atoms with Crippen LogP contribution in [0.25, 0.3) is 0 Å². The van der Waals surface area contributed by atoms with E-state index in [1.807, 2.05) is 13.8 Å². The second-order valence-corrected chi connectivity index (χ2v) is 8.68. The molecule has 1 aromatic heterocycles. The number of carbonyl (C=O) groups is 2. The molecule has 1 saturated heterocycles. The third kappa shape index (κ3) is 5.15. The van der Waals surface area contributed by atoms with Crippen molar-refractivity contribution in [1.82, 2.24) is 9.88 Å². The lowest BCUT2D eigenvalue weighted by molar-refractivity contribution is -0.138. The van der Waals surface area contributed by atoms with Crippen LogP contribution in [-0.4, -0.2) is 60.4 Å². The van der Waals surface area contributed by atoms with Gasteiger partial charge in [0.25, 0.3) is 5.91 Å². The summed E-state index contributed by atoms with van der Waals surface area (Å²) in [7, 11) is -3.12. The molecule has 7 nitrogen and oxygen atoms in total. The van der Waals surface area contributed by atoms with Gasteiger partial charge in [0.1, 0.15) is 5.15 Å². The van der Waals surface area contributed by atoms with Crippen LogP contribution in [0.2, 0.25) is 5.15 Å². The Morgan fingerprint density at radius 3 is 2.68 bits per heavy atom. The summed E-state index contributed by atoms with van der Waals surface area (Å²) in [5, 5.41) is 0.248. The van der Waals surface area contributed by atoms with Crippen molar-refractivity contribution in [3.05, 3.63) is 29.0 Å². The van der Waals surface area contributed by atoms with Gasteiger partial charge in [-0.2, -0.15) is 0 Å². The zero-order valence-electron chi connectivity index (χ0n) is 14.1. The lowest BCUT2D eigenvalue weighted by atomic mass is 10.1. The number of aromatic nitrogens is 1. The van der Waals surface area contributed by atoms with Crippen molar-refractivity contribution in [2.24, 2.45) is 0 Å². The summed E-state index contributed by atoms with van der Waals surface area (Å²) in [5.41, 5.74) is 0.190. The maximum atomic E-state index is 12.5. The average Bonchev–Trinajstić information content (AvgIpc) is 2.92. The van der Waals surface area contributed by atoms with E-state index in [1.54, 1.807) is 0 Å². The molecule has 0 aromatic carbocycles. The molecule has 1 aromatic rings. The van der Waals surface area contributed by atoms with Crippen LogP contribution >= 0.6 is 11.6 Å². The first-order chi connectivity index (χ1) is 11.7. The molecule has 0 radical (unpaired) electrons. The summed E-state index contributed by atoms with van der Waals surface area (Å²) >= 11 is 5.66. The van der Waals surface area contributed by atoms with Crippen molar-refractivity contribution in [1.29, 1.82) is 0 Å². The van der Waals surface area contributed by atoms with Gasteiger partial charge in [0.15, 0.2) is 16.4 Å². The molecule has 0 unspecified atom stereocenters. The smallest absolute Gasteiger partial charge is 0.340 e. The van der Waals surface area contributed by atoms with Crippen molar-refractivity contribution in [3.63, 3.8) is 0 Å². The molecule has 9 heteroatoms. The molecule has 2 rings (SSSR count). The largest absolute Gasteiger partial charge is 0.452 e. The number of hydrogen-bond acceptors (Lipinski definition) is 6. The standard InChI is InChI=1S/C16H21ClN2O5S/c1-3-11(2)19(13-6-7-25(22,23)10-13)15(20)9-24-16(21)12-4-5-14(17)18-8-12/h4-5,8,11,13H,3,6-7,9-10H2,1-2H3/t11-,13+/m1/s1. The van der Waals surface area contributed by atoms with Crippen LogP contribution in [0, 0.1) is 0 Å². The van der Waals surface area contributed by atoms with Crippen molar-refractivity contribution in [2.75, 3.05) is 18.1 Å². The zero-order chi connectivity index (χ0) is 18.6. The molecular weight excluding hydrogens is 368 g/mol. The van der Waals surface area contributed by atoms with Gasteiger partial charge in [-0.3, -0.25) is 4.79 Å². The molecule has 2 atom stereocenters. The Morgan fingerprint density at radius 2 is 2.16 bits per heavy atom. The van der Waals surface area contributed by atoms with Crippen LogP contribution in [0.5, 0.6) is 0 Å². The molecule has 1 amide bonds. The molecule has 0 aliphatic carbocycles. The lowest BCUT2D eigenvalue weighted by Gasteiger charge is -2.33. The first-order valence-corrected chi connectivity index (χ1v) is 10.2. The summed E-state index contributed by atoms with van der Waals surface area (Å²) in [6.45, 7) is 3.33. The van der Waals surface area contributed by atoms with Crippen LogP contribution in [-0.2, 0) is 19.4 Å². The van der Waals surface area contributed by atoms with E-state index in [1.165, 1.54) is 23.2 Å². The number of pyridine rings is 1. The highest BCUT2D eigenvalue weighted by Crippen LogP contribution is 2.21. The van der Waals surface area contributed by atoms with Gasteiger partial charge in [0, 0.05) is 18.3 Å². The van der Waals surface area contributed by atoms with Gasteiger partial charge < -0.3 is 9.64 Å². The highest BCUT2D eigenvalue weighted by Gasteiger charge is 2.36. The average molecular weight is 389 g/mol. The summed E-state index contributed by atoms with van der Waals surface area (Å²) in [6, 6.07) is 2.40. The van der Waals surface area contributed by atoms with E-state index in [2.05, 4.69) is 4.98 Å². The van der Waals surface area contributed by atoms with Crippen LogP contribution in [0.15, 0.2) is 18.3 Å². The molecule has 0 spiro atoms. The van der Waals surface area contributed by atoms with Gasteiger partial charge in [-0.05, 0) is 31.9 Å². The topological polar surface area (TPSA) is 93.6 Å². The molecule has 138 valence electrons. The number of amides is 1. The summed E-state index contributed by atoms with van der Waals surface area (Å²) in [5.74, 6) is -1.04. The Labute approximate surface area is 152 Å². The van der Waals surface area contributed by atoms with Gasteiger partial charge in [-0.25, -0.2) is 18.2 Å². The minimum Gasteiger partial charge on any atom is -0.452 e. The van der Waals surface area contributed by atoms with Crippen LogP contribution in [0.3, 0.4) is 0 Å². The van der Waals surface area contributed by atoms with E-state index < -0.39 is 28.3 Å². The fourth-order valence-electron chi connectivity index (χ4n) is 2.78. The van der Waals surface area contributed by atoms with Gasteiger partial charge >= 0.3 is 5.97 Å². The molecule has 1 aliphatic rings. The number of esters is 1. The number of halogens is 1. The van der Waals surface area contributed by atoms with E-state index in [0.29, 0.717) is 12.8 Å². The van der Waals surface area contributed by atoms with Gasteiger partial charge in [0.05, 0.1) is 17.1 Å². The maximum absolute atomic E-state index is 12.5. The molecule has 1 aliphatic heterocycles. The first kappa shape index (κ1) is 19.7. The second-order valence-electron chi connectivity index (χ2n) is 6.06.